The van der Waals surface area contributed by atoms with Gasteiger partial charge in [-0.3, -0.25) is 4.79 Å². The molecule has 0 bridgehead atoms. The van der Waals surface area contributed by atoms with Crippen molar-refractivity contribution in [3.8, 4) is 0 Å². The molecule has 146 valence electrons. The summed E-state index contributed by atoms with van der Waals surface area (Å²) in [7, 11) is 3.50. The number of guanidine groups is 1. The van der Waals surface area contributed by atoms with Gasteiger partial charge < -0.3 is 20.4 Å². The molecule has 0 radical (unpaired) electrons. The van der Waals surface area contributed by atoms with Crippen LogP contribution in [0.25, 0.3) is 0 Å². The number of rotatable bonds is 8. The lowest BCUT2D eigenvalue weighted by atomic mass is 10.0. The maximum Gasteiger partial charge on any atom is 0.243 e. The number of aliphatic imine (C=N–C) groups is 1. The van der Waals surface area contributed by atoms with E-state index in [2.05, 4.69) is 34.0 Å². The highest BCUT2D eigenvalue weighted by Gasteiger charge is 2.19. The zero-order valence-electron chi connectivity index (χ0n) is 16.3. The van der Waals surface area contributed by atoms with Gasteiger partial charge in [-0.15, -0.1) is 24.0 Å². The molecule has 1 saturated heterocycles. The fraction of sp³-hybridized carbons (Fsp3) is 0.778. The van der Waals surface area contributed by atoms with Gasteiger partial charge in [0.1, 0.15) is 6.54 Å². The van der Waals surface area contributed by atoms with E-state index in [1.54, 1.807) is 19.0 Å². The van der Waals surface area contributed by atoms with Crippen LogP contribution in [0.3, 0.4) is 0 Å². The Morgan fingerprint density at radius 1 is 1.32 bits per heavy atom. The van der Waals surface area contributed by atoms with E-state index < -0.39 is 0 Å². The Hall–Kier alpha value is -0.830. The number of hydrogen-bond donors (Lipinski definition) is 2. The van der Waals surface area contributed by atoms with Gasteiger partial charge >= 0.3 is 0 Å². The van der Waals surface area contributed by atoms with Crippen molar-refractivity contribution in [2.24, 2.45) is 4.99 Å². The normalized spacial score (nSPS) is 16.1. The predicted octanol–water partition coefficient (Wildman–Crippen LogP) is 2.07. The minimum atomic E-state index is 0. The number of carbonyl (C=O) groups excluding carboxylic acids is 1. The minimum absolute atomic E-state index is 0. The Kier molecular flexibility index (Phi) is 12.9. The zero-order chi connectivity index (χ0) is 17.9. The molecule has 0 atom stereocenters. The molecular formula is C18H36IN5O. The summed E-state index contributed by atoms with van der Waals surface area (Å²) in [6.45, 7) is 12.4. The van der Waals surface area contributed by atoms with Crippen LogP contribution in [-0.2, 0) is 4.79 Å². The number of likely N-dealkylation sites (N-methyl/N-ethyl adjacent to an activating group) is 1. The van der Waals surface area contributed by atoms with E-state index in [1.165, 1.54) is 19.4 Å². The number of nitrogens with one attached hydrogen (secondary N) is 2. The van der Waals surface area contributed by atoms with Crippen LogP contribution in [0.4, 0.5) is 0 Å². The van der Waals surface area contributed by atoms with Crippen molar-refractivity contribution >= 4 is 35.8 Å². The van der Waals surface area contributed by atoms with E-state index in [-0.39, 0.29) is 36.4 Å². The Labute approximate surface area is 170 Å². The molecule has 1 aliphatic rings. The number of amides is 1. The smallest absolute Gasteiger partial charge is 0.243 e. The van der Waals surface area contributed by atoms with Gasteiger partial charge in [0.05, 0.1) is 0 Å². The Bertz CT molecular complexity index is 431. The highest BCUT2D eigenvalue weighted by atomic mass is 127. The number of carbonyl (C=O) groups is 1. The number of unbranched alkanes of at least 4 members (excludes halogenated alkanes) is 1. The standard InChI is InChI=1S/C18H35N5O.HI/c1-6-7-10-23-11-8-16(9-12-23)21-18(19-13-15(2)3)20-14-17(24)22(4)5;/h16H,2,6-14H2,1,3-5H3,(H2,19,20,21);1H. The Morgan fingerprint density at radius 2 is 1.96 bits per heavy atom. The number of halogens is 1. The van der Waals surface area contributed by atoms with Crippen molar-refractivity contribution in [3.63, 3.8) is 0 Å². The zero-order valence-corrected chi connectivity index (χ0v) is 18.6. The minimum Gasteiger partial charge on any atom is -0.354 e. The van der Waals surface area contributed by atoms with E-state index in [1.807, 2.05) is 6.92 Å². The van der Waals surface area contributed by atoms with Crippen LogP contribution < -0.4 is 10.6 Å². The summed E-state index contributed by atoms with van der Waals surface area (Å²) in [6.07, 6.45) is 4.75. The second kappa shape index (κ2) is 13.4. The van der Waals surface area contributed by atoms with Crippen molar-refractivity contribution in [1.82, 2.24) is 20.4 Å². The van der Waals surface area contributed by atoms with Crippen LogP contribution in [0, 0.1) is 0 Å². The molecule has 1 heterocycles. The average Bonchev–Trinajstić information content (AvgIpc) is 2.56. The van der Waals surface area contributed by atoms with Gasteiger partial charge in [0.15, 0.2) is 5.96 Å². The Balaban J connectivity index is 0.00000576. The highest BCUT2D eigenvalue weighted by molar-refractivity contribution is 14.0. The monoisotopic (exact) mass is 465 g/mol. The lowest BCUT2D eigenvalue weighted by Gasteiger charge is -2.33. The average molecular weight is 465 g/mol. The van der Waals surface area contributed by atoms with E-state index in [0.717, 1.165) is 31.5 Å². The van der Waals surface area contributed by atoms with Crippen molar-refractivity contribution in [2.45, 2.75) is 45.6 Å². The molecule has 7 heteroatoms. The SMILES string of the molecule is C=C(C)CNC(=NCC(=O)N(C)C)NC1CCN(CCCC)CC1.I. The Morgan fingerprint density at radius 3 is 2.48 bits per heavy atom. The topological polar surface area (TPSA) is 60.0 Å². The summed E-state index contributed by atoms with van der Waals surface area (Å²) in [5, 5.41) is 6.74. The van der Waals surface area contributed by atoms with Crippen LogP contribution in [0.1, 0.15) is 39.5 Å². The van der Waals surface area contributed by atoms with E-state index in [4.69, 9.17) is 0 Å². The number of nitrogens with zero attached hydrogens (tertiary/aromatic N) is 3. The van der Waals surface area contributed by atoms with E-state index >= 15 is 0 Å². The second-order valence-corrected chi connectivity index (χ2v) is 6.88. The quantitative estimate of drug-likeness (QED) is 0.250. The first-order valence-electron chi connectivity index (χ1n) is 9.04. The third kappa shape index (κ3) is 10.7. The van der Waals surface area contributed by atoms with E-state index in [0.29, 0.717) is 18.5 Å². The predicted molar refractivity (Wildman–Crippen MR) is 117 cm³/mol. The van der Waals surface area contributed by atoms with Gasteiger partial charge in [-0.2, -0.15) is 0 Å². The molecule has 0 spiro atoms. The van der Waals surface area contributed by atoms with Gasteiger partial charge in [0.25, 0.3) is 0 Å². The maximum atomic E-state index is 11.8. The van der Waals surface area contributed by atoms with Crippen molar-refractivity contribution < 1.29 is 4.79 Å². The molecule has 1 rings (SSSR count). The molecule has 1 amide bonds. The molecule has 0 saturated carbocycles. The molecule has 0 unspecified atom stereocenters. The molecule has 0 aromatic heterocycles. The second-order valence-electron chi connectivity index (χ2n) is 6.88. The number of likely N-dealkylation sites (tertiary alicyclic amines) is 1. The molecule has 1 fully saturated rings. The summed E-state index contributed by atoms with van der Waals surface area (Å²) in [5.41, 5.74) is 1.04. The summed E-state index contributed by atoms with van der Waals surface area (Å²) in [4.78, 5) is 20.3. The third-order valence-corrected chi connectivity index (χ3v) is 4.19. The van der Waals surface area contributed by atoms with Gasteiger partial charge in [0.2, 0.25) is 5.91 Å². The third-order valence-electron chi connectivity index (χ3n) is 4.19. The molecule has 1 aliphatic heterocycles. The fourth-order valence-electron chi connectivity index (χ4n) is 2.55. The summed E-state index contributed by atoms with van der Waals surface area (Å²) < 4.78 is 0. The van der Waals surface area contributed by atoms with Crippen LogP contribution in [-0.4, -0.2) is 74.5 Å². The van der Waals surface area contributed by atoms with Crippen molar-refractivity contribution in [3.05, 3.63) is 12.2 Å². The van der Waals surface area contributed by atoms with Crippen LogP contribution in [0.15, 0.2) is 17.1 Å². The first-order valence-corrected chi connectivity index (χ1v) is 9.04. The fourth-order valence-corrected chi connectivity index (χ4v) is 2.55. The van der Waals surface area contributed by atoms with E-state index in [9.17, 15) is 4.79 Å². The van der Waals surface area contributed by atoms with Crippen LogP contribution in [0.2, 0.25) is 0 Å². The van der Waals surface area contributed by atoms with Crippen molar-refractivity contribution in [2.75, 3.05) is 46.8 Å². The molecule has 6 nitrogen and oxygen atoms in total. The number of hydrogen-bond acceptors (Lipinski definition) is 3. The van der Waals surface area contributed by atoms with Crippen LogP contribution in [0.5, 0.6) is 0 Å². The molecule has 2 N–H and O–H groups in total. The molecule has 25 heavy (non-hydrogen) atoms. The number of piperidine rings is 1. The van der Waals surface area contributed by atoms with Crippen LogP contribution >= 0.6 is 24.0 Å². The summed E-state index contributed by atoms with van der Waals surface area (Å²) >= 11 is 0. The van der Waals surface area contributed by atoms with Gasteiger partial charge in [0, 0.05) is 39.8 Å². The molecular weight excluding hydrogens is 429 g/mol. The first-order chi connectivity index (χ1) is 11.4. The van der Waals surface area contributed by atoms with Gasteiger partial charge in [-0.1, -0.05) is 25.5 Å². The molecule has 0 aromatic carbocycles. The maximum absolute atomic E-state index is 11.8. The molecule has 0 aliphatic carbocycles. The lowest BCUT2D eigenvalue weighted by Crippen LogP contribution is -2.49. The lowest BCUT2D eigenvalue weighted by molar-refractivity contribution is -0.127. The summed E-state index contributed by atoms with van der Waals surface area (Å²) in [5.74, 6) is 0.709. The summed E-state index contributed by atoms with van der Waals surface area (Å²) in [6, 6.07) is 0.411. The highest BCUT2D eigenvalue weighted by Crippen LogP contribution is 2.11. The van der Waals surface area contributed by atoms with Gasteiger partial charge in [-0.25, -0.2) is 4.99 Å². The van der Waals surface area contributed by atoms with Gasteiger partial charge in [-0.05, 0) is 32.7 Å². The van der Waals surface area contributed by atoms with Crippen molar-refractivity contribution in [1.29, 1.82) is 0 Å². The first kappa shape index (κ1) is 24.2. The largest absolute Gasteiger partial charge is 0.354 e. The molecule has 0 aromatic rings.